The number of aromatic nitrogens is 1. The number of rotatable bonds is 4. The maximum absolute atomic E-state index is 9.19. The average Bonchev–Trinajstić information content (AvgIpc) is 2.38. The van der Waals surface area contributed by atoms with Crippen LogP contribution >= 0.6 is 0 Å². The molecule has 3 nitrogen and oxygen atoms in total. The molecule has 0 spiro atoms. The summed E-state index contributed by atoms with van der Waals surface area (Å²) >= 11 is 0. The number of hydrogen-bond donors (Lipinski definition) is 2. The van der Waals surface area contributed by atoms with Crippen LogP contribution in [-0.2, 0) is 6.61 Å². The highest BCUT2D eigenvalue weighted by Gasteiger charge is 2.13. The Morgan fingerprint density at radius 1 is 1.31 bits per heavy atom. The highest BCUT2D eigenvalue weighted by atomic mass is 16.3. The van der Waals surface area contributed by atoms with Crippen LogP contribution in [0.1, 0.15) is 37.7 Å². The smallest absolute Gasteiger partial charge is 0.0703 e. The van der Waals surface area contributed by atoms with E-state index in [4.69, 9.17) is 0 Å². The molecular formula is C13H20N2O. The van der Waals surface area contributed by atoms with Crippen LogP contribution in [0.15, 0.2) is 18.5 Å². The van der Waals surface area contributed by atoms with Gasteiger partial charge in [0.05, 0.1) is 18.5 Å². The van der Waals surface area contributed by atoms with Crippen LogP contribution in [0.25, 0.3) is 0 Å². The summed E-state index contributed by atoms with van der Waals surface area (Å²) in [5.41, 5.74) is 1.92. The molecule has 1 aromatic rings. The number of nitrogens with one attached hydrogen (secondary N) is 1. The summed E-state index contributed by atoms with van der Waals surface area (Å²) < 4.78 is 0. The van der Waals surface area contributed by atoms with Crippen molar-refractivity contribution in [1.29, 1.82) is 0 Å². The first-order valence-corrected chi connectivity index (χ1v) is 6.18. The summed E-state index contributed by atoms with van der Waals surface area (Å²) in [7, 11) is 0. The summed E-state index contributed by atoms with van der Waals surface area (Å²) in [5.74, 6) is 0.792. The Bertz CT molecular complexity index is 321. The van der Waals surface area contributed by atoms with Gasteiger partial charge in [0, 0.05) is 18.3 Å². The topological polar surface area (TPSA) is 45.2 Å². The van der Waals surface area contributed by atoms with Gasteiger partial charge in [-0.1, -0.05) is 19.3 Å². The molecule has 1 heterocycles. The minimum absolute atomic E-state index is 0.0789. The van der Waals surface area contributed by atoms with Crippen molar-refractivity contribution < 1.29 is 5.11 Å². The highest BCUT2D eigenvalue weighted by molar-refractivity contribution is 5.48. The summed E-state index contributed by atoms with van der Waals surface area (Å²) in [6.07, 6.45) is 10.3. The number of nitrogens with zero attached hydrogens (tertiary/aromatic N) is 1. The highest BCUT2D eigenvalue weighted by Crippen LogP contribution is 2.24. The molecule has 1 aliphatic carbocycles. The maximum atomic E-state index is 9.19. The molecule has 0 amide bonds. The van der Waals surface area contributed by atoms with E-state index < -0.39 is 0 Å². The summed E-state index contributed by atoms with van der Waals surface area (Å²) in [6, 6.07) is 1.86. The van der Waals surface area contributed by atoms with Crippen LogP contribution in [0, 0.1) is 5.92 Å². The van der Waals surface area contributed by atoms with Gasteiger partial charge in [0.25, 0.3) is 0 Å². The summed E-state index contributed by atoms with van der Waals surface area (Å²) in [4.78, 5) is 4.08. The van der Waals surface area contributed by atoms with Crippen LogP contribution in [0.4, 0.5) is 5.69 Å². The third-order valence-electron chi connectivity index (χ3n) is 3.39. The fraction of sp³-hybridized carbons (Fsp3) is 0.615. The van der Waals surface area contributed by atoms with Gasteiger partial charge < -0.3 is 10.4 Å². The predicted octanol–water partition coefficient (Wildman–Crippen LogP) is 2.57. The van der Waals surface area contributed by atoms with Gasteiger partial charge in [-0.2, -0.15) is 0 Å². The fourth-order valence-electron chi connectivity index (χ4n) is 2.37. The standard InChI is InChI=1S/C13H20N2O/c16-10-12-6-7-14-9-13(12)15-8-11-4-2-1-3-5-11/h6-7,9,11,15-16H,1-5,8,10H2. The van der Waals surface area contributed by atoms with Gasteiger partial charge in [-0.3, -0.25) is 4.98 Å². The zero-order valence-corrected chi connectivity index (χ0v) is 9.65. The van der Waals surface area contributed by atoms with Crippen molar-refractivity contribution in [3.05, 3.63) is 24.0 Å². The van der Waals surface area contributed by atoms with E-state index >= 15 is 0 Å². The lowest BCUT2D eigenvalue weighted by Gasteiger charge is -2.22. The van der Waals surface area contributed by atoms with Crippen molar-refractivity contribution in [2.24, 2.45) is 5.92 Å². The third-order valence-corrected chi connectivity index (χ3v) is 3.39. The largest absolute Gasteiger partial charge is 0.392 e. The second-order valence-electron chi connectivity index (χ2n) is 4.58. The molecule has 16 heavy (non-hydrogen) atoms. The minimum atomic E-state index is 0.0789. The second kappa shape index (κ2) is 5.85. The van der Waals surface area contributed by atoms with E-state index in [-0.39, 0.29) is 6.61 Å². The van der Waals surface area contributed by atoms with Crippen molar-refractivity contribution in [2.75, 3.05) is 11.9 Å². The fourth-order valence-corrected chi connectivity index (χ4v) is 2.37. The molecule has 0 unspecified atom stereocenters. The van der Waals surface area contributed by atoms with Crippen LogP contribution in [0.2, 0.25) is 0 Å². The number of anilines is 1. The Kier molecular flexibility index (Phi) is 4.17. The van der Waals surface area contributed by atoms with E-state index in [0.717, 1.165) is 23.7 Å². The van der Waals surface area contributed by atoms with Gasteiger partial charge in [-0.15, -0.1) is 0 Å². The van der Waals surface area contributed by atoms with Crippen LogP contribution in [0.3, 0.4) is 0 Å². The molecule has 0 bridgehead atoms. The number of aliphatic hydroxyl groups is 1. The Hall–Kier alpha value is -1.09. The van der Waals surface area contributed by atoms with E-state index in [2.05, 4.69) is 10.3 Å². The molecule has 1 aliphatic rings. The molecule has 1 saturated carbocycles. The lowest BCUT2D eigenvalue weighted by molar-refractivity contribution is 0.282. The Morgan fingerprint density at radius 2 is 2.12 bits per heavy atom. The summed E-state index contributed by atoms with van der Waals surface area (Å²) in [5, 5.41) is 12.6. The van der Waals surface area contributed by atoms with E-state index in [1.807, 2.05) is 6.07 Å². The molecule has 0 aromatic carbocycles. The SMILES string of the molecule is OCc1ccncc1NCC1CCCCC1. The van der Waals surface area contributed by atoms with Crippen LogP contribution in [0.5, 0.6) is 0 Å². The molecule has 3 heteroatoms. The molecule has 88 valence electrons. The molecule has 1 aromatic heterocycles. The quantitative estimate of drug-likeness (QED) is 0.819. The number of pyridine rings is 1. The van der Waals surface area contributed by atoms with Crippen molar-refractivity contribution in [3.63, 3.8) is 0 Å². The van der Waals surface area contributed by atoms with Gasteiger partial charge in [-0.25, -0.2) is 0 Å². The predicted molar refractivity (Wildman–Crippen MR) is 65.2 cm³/mol. The molecule has 0 atom stereocenters. The van der Waals surface area contributed by atoms with E-state index in [0.29, 0.717) is 0 Å². The van der Waals surface area contributed by atoms with Crippen molar-refractivity contribution in [3.8, 4) is 0 Å². The van der Waals surface area contributed by atoms with Crippen molar-refractivity contribution in [1.82, 2.24) is 4.98 Å². The molecule has 2 rings (SSSR count). The molecular weight excluding hydrogens is 200 g/mol. The lowest BCUT2D eigenvalue weighted by atomic mass is 9.89. The zero-order chi connectivity index (χ0) is 11.2. The first kappa shape index (κ1) is 11.4. The first-order chi connectivity index (χ1) is 7.90. The Morgan fingerprint density at radius 3 is 2.88 bits per heavy atom. The average molecular weight is 220 g/mol. The monoisotopic (exact) mass is 220 g/mol. The molecule has 1 fully saturated rings. The van der Waals surface area contributed by atoms with Gasteiger partial charge in [0.1, 0.15) is 0 Å². The number of hydrogen-bond acceptors (Lipinski definition) is 3. The lowest BCUT2D eigenvalue weighted by Crippen LogP contribution is -2.17. The molecule has 2 N–H and O–H groups in total. The Labute approximate surface area is 96.9 Å². The molecule has 0 saturated heterocycles. The van der Waals surface area contributed by atoms with Gasteiger partial charge in [0.15, 0.2) is 0 Å². The van der Waals surface area contributed by atoms with Crippen molar-refractivity contribution in [2.45, 2.75) is 38.7 Å². The summed E-state index contributed by atoms with van der Waals surface area (Å²) in [6.45, 7) is 1.09. The second-order valence-corrected chi connectivity index (χ2v) is 4.58. The van der Waals surface area contributed by atoms with Gasteiger partial charge in [-0.05, 0) is 24.8 Å². The maximum Gasteiger partial charge on any atom is 0.0703 e. The van der Waals surface area contributed by atoms with Gasteiger partial charge in [0.2, 0.25) is 0 Å². The van der Waals surface area contributed by atoms with Crippen LogP contribution in [-0.4, -0.2) is 16.6 Å². The number of aliphatic hydroxyl groups excluding tert-OH is 1. The normalized spacial score (nSPS) is 17.3. The van der Waals surface area contributed by atoms with Gasteiger partial charge >= 0.3 is 0 Å². The Balaban J connectivity index is 1.88. The third kappa shape index (κ3) is 2.95. The molecule has 0 aliphatic heterocycles. The zero-order valence-electron chi connectivity index (χ0n) is 9.65. The van der Waals surface area contributed by atoms with E-state index in [1.165, 1.54) is 32.1 Å². The van der Waals surface area contributed by atoms with E-state index in [9.17, 15) is 5.11 Å². The van der Waals surface area contributed by atoms with Crippen LogP contribution < -0.4 is 5.32 Å². The van der Waals surface area contributed by atoms with Crippen molar-refractivity contribution >= 4 is 5.69 Å². The van der Waals surface area contributed by atoms with E-state index in [1.54, 1.807) is 12.4 Å². The molecule has 0 radical (unpaired) electrons. The minimum Gasteiger partial charge on any atom is -0.392 e. The first-order valence-electron chi connectivity index (χ1n) is 6.18.